The van der Waals surface area contributed by atoms with Crippen molar-refractivity contribution in [1.29, 1.82) is 0 Å². The van der Waals surface area contributed by atoms with Crippen molar-refractivity contribution < 1.29 is 9.47 Å². The van der Waals surface area contributed by atoms with Crippen LogP contribution in [-0.4, -0.2) is 64.0 Å². The molecule has 1 heterocycles. The Kier molecular flexibility index (Phi) is 8.39. The molecule has 0 aromatic heterocycles. The van der Waals surface area contributed by atoms with Gasteiger partial charge in [0.1, 0.15) is 0 Å². The Hall–Kier alpha value is -1.63. The lowest BCUT2D eigenvalue weighted by atomic mass is 10.1. The molecule has 0 atom stereocenters. The summed E-state index contributed by atoms with van der Waals surface area (Å²) in [5.74, 6) is 1.68. The number of hydrogen-bond donors (Lipinski definition) is 2. The van der Waals surface area contributed by atoms with Gasteiger partial charge in [-0.05, 0) is 36.3 Å². The van der Waals surface area contributed by atoms with Crippen molar-refractivity contribution in [2.24, 2.45) is 10.9 Å². The molecule has 6 heteroatoms. The molecule has 1 saturated heterocycles. The fourth-order valence-corrected chi connectivity index (χ4v) is 3.10. The molecule has 6 nitrogen and oxygen atoms in total. The molecule has 1 aliphatic carbocycles. The second kappa shape index (κ2) is 11.3. The Morgan fingerprint density at radius 2 is 1.89 bits per heavy atom. The molecular formula is C21H34N4O2. The highest BCUT2D eigenvalue weighted by atomic mass is 16.5. The molecule has 0 radical (unpaired) electrons. The van der Waals surface area contributed by atoms with Gasteiger partial charge in [0.05, 0.1) is 13.2 Å². The number of ether oxygens (including phenoxy) is 2. The lowest BCUT2D eigenvalue weighted by Crippen LogP contribution is -2.37. The van der Waals surface area contributed by atoms with E-state index in [1.807, 2.05) is 7.05 Å². The normalized spacial score (nSPS) is 18.5. The summed E-state index contributed by atoms with van der Waals surface area (Å²) in [6, 6.07) is 8.84. The van der Waals surface area contributed by atoms with Gasteiger partial charge in [0, 0.05) is 53.0 Å². The molecule has 1 aromatic carbocycles. The van der Waals surface area contributed by atoms with Crippen LogP contribution in [0, 0.1) is 5.92 Å². The van der Waals surface area contributed by atoms with Gasteiger partial charge in [-0.25, -0.2) is 0 Å². The highest BCUT2D eigenvalue weighted by Crippen LogP contribution is 2.28. The summed E-state index contributed by atoms with van der Waals surface area (Å²) in [4.78, 5) is 6.73. The first-order valence-corrected chi connectivity index (χ1v) is 10.2. The van der Waals surface area contributed by atoms with Crippen LogP contribution in [0.15, 0.2) is 29.3 Å². The van der Waals surface area contributed by atoms with Gasteiger partial charge >= 0.3 is 0 Å². The molecule has 0 amide bonds. The van der Waals surface area contributed by atoms with Gasteiger partial charge in [0.15, 0.2) is 5.96 Å². The van der Waals surface area contributed by atoms with Crippen molar-refractivity contribution in [1.82, 2.24) is 15.5 Å². The van der Waals surface area contributed by atoms with Gasteiger partial charge in [-0.1, -0.05) is 24.3 Å². The van der Waals surface area contributed by atoms with E-state index in [1.165, 1.54) is 24.0 Å². The van der Waals surface area contributed by atoms with Gasteiger partial charge in [0.25, 0.3) is 0 Å². The first kappa shape index (κ1) is 20.1. The minimum atomic E-state index is 0.773. The number of nitrogens with zero attached hydrogens (tertiary/aromatic N) is 2. The van der Waals surface area contributed by atoms with E-state index in [9.17, 15) is 0 Å². The molecule has 1 aliphatic heterocycles. The second-order valence-electron chi connectivity index (χ2n) is 7.43. The van der Waals surface area contributed by atoms with E-state index in [4.69, 9.17) is 9.47 Å². The van der Waals surface area contributed by atoms with Gasteiger partial charge in [-0.3, -0.25) is 9.89 Å². The fraction of sp³-hybridized carbons (Fsp3) is 0.667. The Bertz CT molecular complexity index is 566. The summed E-state index contributed by atoms with van der Waals surface area (Å²) in [6.45, 7) is 8.16. The van der Waals surface area contributed by atoms with Crippen LogP contribution in [0.25, 0.3) is 0 Å². The van der Waals surface area contributed by atoms with E-state index < -0.39 is 0 Å². The number of morpholine rings is 1. The van der Waals surface area contributed by atoms with E-state index in [0.717, 1.165) is 77.4 Å². The predicted molar refractivity (Wildman–Crippen MR) is 109 cm³/mol. The topological polar surface area (TPSA) is 58.1 Å². The van der Waals surface area contributed by atoms with E-state index in [1.54, 1.807) is 0 Å². The zero-order valence-electron chi connectivity index (χ0n) is 16.6. The number of aliphatic imine (C=N–C) groups is 1. The molecule has 0 bridgehead atoms. The standard InChI is InChI=1S/C21H34N4O2/c1-22-21(23-9-2-12-27-17-20-7-8-20)24-15-18-3-5-19(6-4-18)16-25-10-13-26-14-11-25/h3-6,20H,2,7-17H2,1H3,(H2,22,23,24). The van der Waals surface area contributed by atoms with Crippen molar-refractivity contribution in [2.75, 3.05) is 53.1 Å². The Labute approximate surface area is 163 Å². The average Bonchev–Trinajstić information content (AvgIpc) is 3.53. The minimum absolute atomic E-state index is 0.773. The van der Waals surface area contributed by atoms with Crippen molar-refractivity contribution in [3.63, 3.8) is 0 Å². The Balaban J connectivity index is 1.30. The lowest BCUT2D eigenvalue weighted by Gasteiger charge is -2.26. The summed E-state index contributed by atoms with van der Waals surface area (Å²) >= 11 is 0. The Morgan fingerprint density at radius 3 is 2.59 bits per heavy atom. The van der Waals surface area contributed by atoms with Crippen LogP contribution in [0.4, 0.5) is 0 Å². The summed E-state index contributed by atoms with van der Waals surface area (Å²) in [5.41, 5.74) is 2.62. The third-order valence-corrected chi connectivity index (χ3v) is 5.02. The van der Waals surface area contributed by atoms with Crippen molar-refractivity contribution in [3.8, 4) is 0 Å². The van der Waals surface area contributed by atoms with E-state index in [2.05, 4.69) is 44.8 Å². The highest BCUT2D eigenvalue weighted by Gasteiger charge is 2.20. The van der Waals surface area contributed by atoms with Crippen LogP contribution in [0.1, 0.15) is 30.4 Å². The molecule has 1 saturated carbocycles. The predicted octanol–water partition coefficient (Wildman–Crippen LogP) is 2.00. The van der Waals surface area contributed by atoms with Crippen molar-refractivity contribution >= 4 is 5.96 Å². The van der Waals surface area contributed by atoms with Crippen LogP contribution < -0.4 is 10.6 Å². The van der Waals surface area contributed by atoms with Crippen LogP contribution >= 0.6 is 0 Å². The molecular weight excluding hydrogens is 340 g/mol. The number of nitrogens with one attached hydrogen (secondary N) is 2. The van der Waals surface area contributed by atoms with E-state index >= 15 is 0 Å². The zero-order chi connectivity index (χ0) is 18.7. The van der Waals surface area contributed by atoms with Crippen molar-refractivity contribution in [2.45, 2.75) is 32.4 Å². The molecule has 2 N–H and O–H groups in total. The molecule has 27 heavy (non-hydrogen) atoms. The number of guanidine groups is 1. The first-order chi connectivity index (χ1) is 13.3. The average molecular weight is 375 g/mol. The van der Waals surface area contributed by atoms with Crippen LogP contribution in [-0.2, 0) is 22.6 Å². The van der Waals surface area contributed by atoms with Crippen molar-refractivity contribution in [3.05, 3.63) is 35.4 Å². The van der Waals surface area contributed by atoms with Crippen LogP contribution in [0.2, 0.25) is 0 Å². The SMILES string of the molecule is CN=C(NCCCOCC1CC1)NCc1ccc(CN2CCOCC2)cc1. The molecule has 150 valence electrons. The maximum absolute atomic E-state index is 5.66. The largest absolute Gasteiger partial charge is 0.381 e. The van der Waals surface area contributed by atoms with Gasteiger partial charge in [0.2, 0.25) is 0 Å². The summed E-state index contributed by atoms with van der Waals surface area (Å²) in [7, 11) is 1.81. The molecule has 0 unspecified atom stereocenters. The van der Waals surface area contributed by atoms with Gasteiger partial charge in [-0.2, -0.15) is 0 Å². The summed E-state index contributed by atoms with van der Waals surface area (Å²) < 4.78 is 11.1. The zero-order valence-corrected chi connectivity index (χ0v) is 16.6. The van der Waals surface area contributed by atoms with Crippen LogP contribution in [0.5, 0.6) is 0 Å². The third kappa shape index (κ3) is 7.87. The minimum Gasteiger partial charge on any atom is -0.381 e. The Morgan fingerprint density at radius 1 is 1.15 bits per heavy atom. The monoisotopic (exact) mass is 374 g/mol. The quantitative estimate of drug-likeness (QED) is 0.373. The fourth-order valence-electron chi connectivity index (χ4n) is 3.10. The highest BCUT2D eigenvalue weighted by molar-refractivity contribution is 5.79. The summed E-state index contributed by atoms with van der Waals surface area (Å²) in [5, 5.41) is 6.73. The second-order valence-corrected chi connectivity index (χ2v) is 7.43. The third-order valence-electron chi connectivity index (χ3n) is 5.02. The van der Waals surface area contributed by atoms with Gasteiger partial charge in [-0.15, -0.1) is 0 Å². The van der Waals surface area contributed by atoms with E-state index in [0.29, 0.717) is 0 Å². The lowest BCUT2D eigenvalue weighted by molar-refractivity contribution is 0.0342. The summed E-state index contributed by atoms with van der Waals surface area (Å²) in [6.07, 6.45) is 3.70. The molecule has 0 spiro atoms. The maximum atomic E-state index is 5.66. The maximum Gasteiger partial charge on any atom is 0.191 e. The number of rotatable bonds is 10. The van der Waals surface area contributed by atoms with Crippen LogP contribution in [0.3, 0.4) is 0 Å². The molecule has 3 rings (SSSR count). The van der Waals surface area contributed by atoms with Gasteiger partial charge < -0.3 is 20.1 Å². The number of benzene rings is 1. The first-order valence-electron chi connectivity index (χ1n) is 10.2. The molecule has 2 aliphatic rings. The number of hydrogen-bond acceptors (Lipinski definition) is 4. The molecule has 1 aromatic rings. The molecule has 2 fully saturated rings. The smallest absolute Gasteiger partial charge is 0.191 e. The van der Waals surface area contributed by atoms with E-state index in [-0.39, 0.29) is 0 Å².